The van der Waals surface area contributed by atoms with E-state index in [0.717, 1.165) is 0 Å². The minimum absolute atomic E-state index is 1.45. The lowest BCUT2D eigenvalue weighted by Crippen LogP contribution is -2.78. The Bertz CT molecular complexity index is 1160. The quantitative estimate of drug-likeness (QED) is 0.234. The zero-order chi connectivity index (χ0) is 35.9. The summed E-state index contributed by atoms with van der Waals surface area (Å²) < 4.78 is 352. The Hall–Kier alpha value is -2.78. The highest BCUT2D eigenvalue weighted by Gasteiger charge is 2.97. The van der Waals surface area contributed by atoms with Crippen LogP contribution in [0.5, 0.6) is 0 Å². The third-order valence-electron chi connectivity index (χ3n) is 4.71. The van der Waals surface area contributed by atoms with Crippen molar-refractivity contribution in [1.82, 2.24) is 0 Å². The number of halogens is 26. The first-order valence-electron chi connectivity index (χ1n) is 9.14. The van der Waals surface area contributed by atoms with Gasteiger partial charge in [-0.3, -0.25) is 4.74 Å². The Balaban J connectivity index is 4.54. The lowest BCUT2D eigenvalue weighted by atomic mass is 9.76. The van der Waals surface area contributed by atoms with Crippen LogP contribution in [0.2, 0.25) is 0 Å². The van der Waals surface area contributed by atoms with Crippen molar-refractivity contribution in [1.29, 1.82) is 0 Å². The van der Waals surface area contributed by atoms with Crippen molar-refractivity contribution in [2.45, 2.75) is 66.4 Å². The molecule has 260 valence electrons. The van der Waals surface area contributed by atoms with E-state index >= 15 is 0 Å². The van der Waals surface area contributed by atoms with E-state index in [-0.39, 0.29) is 0 Å². The minimum atomic E-state index is -9.55. The number of allylic oxidation sites excluding steroid dienone is 1. The van der Waals surface area contributed by atoms with Gasteiger partial charge in [-0.15, -0.1) is 39.5 Å². The van der Waals surface area contributed by atoms with Gasteiger partial charge in [-0.1, -0.05) is 0 Å². The van der Waals surface area contributed by atoms with Crippen LogP contribution in [-0.4, -0.2) is 66.4 Å². The SMILES string of the molecule is FC1=C(OC(F)(F)F)C(F)(F)C(OC(F)(F)F)(C(F)(F)C(F)(F)C(F)(F)C(F)(F)C(F)(F)C(F)(F)F)C(F)=C1OC(F)(F)F. The van der Waals surface area contributed by atoms with Crippen molar-refractivity contribution in [2.24, 2.45) is 0 Å². The number of hydrogen-bond acceptors (Lipinski definition) is 3. The van der Waals surface area contributed by atoms with E-state index in [1.54, 1.807) is 4.74 Å². The first-order chi connectivity index (χ1) is 18.7. The number of alkyl halides is 24. The van der Waals surface area contributed by atoms with Gasteiger partial charge in [-0.25, -0.2) is 4.39 Å². The molecule has 3 nitrogen and oxygen atoms in total. The van der Waals surface area contributed by atoms with Crippen LogP contribution >= 0.6 is 0 Å². The van der Waals surface area contributed by atoms with Gasteiger partial charge in [0.05, 0.1) is 0 Å². The Labute approximate surface area is 219 Å². The molecular formula is C15F26O3. The monoisotopic (exact) mass is 722 g/mol. The smallest absolute Gasteiger partial charge is 0.400 e. The molecule has 0 saturated carbocycles. The van der Waals surface area contributed by atoms with Crippen LogP contribution in [-0.2, 0) is 14.2 Å². The van der Waals surface area contributed by atoms with Crippen LogP contribution in [0.15, 0.2) is 23.2 Å². The molecule has 0 aromatic carbocycles. The molecule has 1 unspecified atom stereocenters. The van der Waals surface area contributed by atoms with Crippen molar-refractivity contribution in [3.63, 3.8) is 0 Å². The summed E-state index contributed by atoms with van der Waals surface area (Å²) in [5, 5.41) is 0. The molecule has 0 radical (unpaired) electrons. The summed E-state index contributed by atoms with van der Waals surface area (Å²) in [6.07, 6.45) is -30.5. The van der Waals surface area contributed by atoms with Crippen molar-refractivity contribution < 1.29 is 128 Å². The van der Waals surface area contributed by atoms with E-state index in [9.17, 15) is 114 Å². The van der Waals surface area contributed by atoms with E-state index in [1.165, 1.54) is 4.74 Å². The third-order valence-corrected chi connectivity index (χ3v) is 4.71. The van der Waals surface area contributed by atoms with E-state index in [1.807, 2.05) is 4.74 Å². The van der Waals surface area contributed by atoms with Gasteiger partial charge in [0.15, 0.2) is 5.83 Å². The molecule has 29 heteroatoms. The van der Waals surface area contributed by atoms with Crippen LogP contribution in [0, 0.1) is 0 Å². The summed E-state index contributed by atoms with van der Waals surface area (Å²) in [4.78, 5) is 0. The van der Waals surface area contributed by atoms with Crippen LogP contribution in [0.3, 0.4) is 0 Å². The summed E-state index contributed by atoms with van der Waals surface area (Å²) in [5.41, 5.74) is -8.58. The molecule has 1 aliphatic rings. The first kappa shape index (κ1) is 39.2. The Morgan fingerprint density at radius 2 is 0.818 bits per heavy atom. The molecule has 0 saturated heterocycles. The number of rotatable bonds is 8. The van der Waals surface area contributed by atoms with Gasteiger partial charge >= 0.3 is 60.8 Å². The van der Waals surface area contributed by atoms with Gasteiger partial charge in [0.1, 0.15) is 0 Å². The van der Waals surface area contributed by atoms with Crippen LogP contribution < -0.4 is 0 Å². The van der Waals surface area contributed by atoms with Crippen LogP contribution in [0.25, 0.3) is 0 Å². The Morgan fingerprint density at radius 3 is 1.14 bits per heavy atom. The number of ether oxygens (including phenoxy) is 3. The summed E-state index contributed by atoms with van der Waals surface area (Å²) >= 11 is 0. The molecule has 0 N–H and O–H groups in total. The summed E-state index contributed by atoms with van der Waals surface area (Å²) in [6, 6.07) is 0. The molecule has 0 heterocycles. The van der Waals surface area contributed by atoms with Gasteiger partial charge in [-0.05, 0) is 0 Å². The van der Waals surface area contributed by atoms with Crippen molar-refractivity contribution in [3.8, 4) is 0 Å². The van der Waals surface area contributed by atoms with Gasteiger partial charge in [0, 0.05) is 0 Å². The fraction of sp³-hybridized carbons (Fsp3) is 0.733. The third kappa shape index (κ3) is 5.70. The highest BCUT2D eigenvalue weighted by atomic mass is 19.4. The molecular weight excluding hydrogens is 722 g/mol. The topological polar surface area (TPSA) is 27.7 Å². The van der Waals surface area contributed by atoms with Gasteiger partial charge in [0.2, 0.25) is 17.3 Å². The zero-order valence-corrected chi connectivity index (χ0v) is 18.6. The maximum absolute atomic E-state index is 14.8. The Kier molecular flexibility index (Phi) is 9.02. The molecule has 0 fully saturated rings. The highest BCUT2D eigenvalue weighted by molar-refractivity contribution is 5.46. The molecule has 0 aromatic rings. The lowest BCUT2D eigenvalue weighted by molar-refractivity contribution is -0.481. The molecule has 0 bridgehead atoms. The molecule has 44 heavy (non-hydrogen) atoms. The Morgan fingerprint density at radius 1 is 0.455 bits per heavy atom. The van der Waals surface area contributed by atoms with E-state index in [0.29, 0.717) is 0 Å². The van der Waals surface area contributed by atoms with Crippen molar-refractivity contribution >= 4 is 0 Å². The van der Waals surface area contributed by atoms with Crippen molar-refractivity contribution in [2.75, 3.05) is 0 Å². The molecule has 1 rings (SSSR count). The first-order valence-corrected chi connectivity index (χ1v) is 9.14. The second-order valence-electron chi connectivity index (χ2n) is 7.55. The van der Waals surface area contributed by atoms with Crippen molar-refractivity contribution in [3.05, 3.63) is 23.2 Å². The van der Waals surface area contributed by atoms with E-state index in [2.05, 4.69) is 0 Å². The van der Waals surface area contributed by atoms with Crippen LogP contribution in [0.4, 0.5) is 114 Å². The molecule has 1 aliphatic carbocycles. The molecule has 0 aliphatic heterocycles. The van der Waals surface area contributed by atoms with Gasteiger partial charge in [-0.2, -0.15) is 70.2 Å². The minimum Gasteiger partial charge on any atom is -0.400 e. The summed E-state index contributed by atoms with van der Waals surface area (Å²) in [6.45, 7) is 0. The second kappa shape index (κ2) is 10.1. The highest BCUT2D eigenvalue weighted by Crippen LogP contribution is 2.68. The molecule has 1 atom stereocenters. The standard InChI is InChI=1S/C15F26O3/c16-1-2(42-13(33,34)35)3(17)5(44-15(39,40)41,6(18,19)4(1)43-14(36,37)38)7(20,21)8(22,23)9(24,25)10(26,27)11(28,29)12(30,31)32. The predicted molar refractivity (Wildman–Crippen MR) is 76.2 cm³/mol. The normalized spacial score (nSPS) is 22.0. The zero-order valence-electron chi connectivity index (χ0n) is 18.6. The fourth-order valence-corrected chi connectivity index (χ4v) is 2.90. The average Bonchev–Trinajstić information content (AvgIpc) is 2.74. The number of hydrogen-bond donors (Lipinski definition) is 0. The maximum Gasteiger partial charge on any atom is 0.573 e. The summed E-state index contributed by atoms with van der Waals surface area (Å²) in [7, 11) is 0. The van der Waals surface area contributed by atoms with Gasteiger partial charge < -0.3 is 9.47 Å². The summed E-state index contributed by atoms with van der Waals surface area (Å²) in [5.74, 6) is -74.3. The second-order valence-corrected chi connectivity index (χ2v) is 7.55. The van der Waals surface area contributed by atoms with E-state index < -0.39 is 89.6 Å². The average molecular weight is 722 g/mol. The largest absolute Gasteiger partial charge is 0.573 e. The molecule has 0 aromatic heterocycles. The molecule has 0 spiro atoms. The van der Waals surface area contributed by atoms with Crippen LogP contribution in [0.1, 0.15) is 0 Å². The van der Waals surface area contributed by atoms with Gasteiger partial charge in [0.25, 0.3) is 5.60 Å². The maximum atomic E-state index is 14.8. The van der Waals surface area contributed by atoms with E-state index in [4.69, 9.17) is 0 Å². The predicted octanol–water partition coefficient (Wildman–Crippen LogP) is 9.08. The fourth-order valence-electron chi connectivity index (χ4n) is 2.90. The molecule has 0 amide bonds. The lowest BCUT2D eigenvalue weighted by Gasteiger charge is -2.49.